The van der Waals surface area contributed by atoms with Crippen molar-refractivity contribution in [2.24, 2.45) is 5.92 Å². The van der Waals surface area contributed by atoms with Gasteiger partial charge in [-0.3, -0.25) is 9.69 Å². The molecule has 0 unspecified atom stereocenters. The Morgan fingerprint density at radius 3 is 2.60 bits per heavy atom. The molecule has 1 saturated heterocycles. The van der Waals surface area contributed by atoms with E-state index in [2.05, 4.69) is 10.6 Å². The van der Waals surface area contributed by atoms with E-state index in [1.54, 1.807) is 24.1 Å². The summed E-state index contributed by atoms with van der Waals surface area (Å²) in [5.74, 6) is -0.200. The van der Waals surface area contributed by atoms with E-state index in [4.69, 9.17) is 21.7 Å². The van der Waals surface area contributed by atoms with Gasteiger partial charge < -0.3 is 20.1 Å². The van der Waals surface area contributed by atoms with E-state index in [0.717, 1.165) is 22.4 Å². The number of hydrogen-bond donors (Lipinski definition) is 2. The van der Waals surface area contributed by atoms with Crippen molar-refractivity contribution in [1.29, 1.82) is 0 Å². The van der Waals surface area contributed by atoms with Gasteiger partial charge in [0.15, 0.2) is 22.3 Å². The van der Waals surface area contributed by atoms with Crippen LogP contribution in [0.4, 0.5) is 15.8 Å². The minimum absolute atomic E-state index is 0.222. The second kappa shape index (κ2) is 8.53. The summed E-state index contributed by atoms with van der Waals surface area (Å²) in [5.41, 5.74) is 2.97. The Morgan fingerprint density at radius 1 is 1.17 bits per heavy atom. The highest BCUT2D eigenvalue weighted by atomic mass is 32.1. The van der Waals surface area contributed by atoms with Gasteiger partial charge in [0.2, 0.25) is 5.91 Å². The number of hydrogen-bond acceptors (Lipinski definition) is 4. The third kappa shape index (κ3) is 3.78. The summed E-state index contributed by atoms with van der Waals surface area (Å²) in [6.45, 7) is 5.80. The predicted molar refractivity (Wildman–Crippen MR) is 137 cm³/mol. The molecule has 0 saturated carbocycles. The lowest BCUT2D eigenvalue weighted by atomic mass is 9.78. The topological polar surface area (TPSA) is 62.8 Å². The van der Waals surface area contributed by atoms with Crippen molar-refractivity contribution in [3.63, 3.8) is 0 Å². The molecule has 2 aliphatic rings. The molecule has 2 N–H and O–H groups in total. The zero-order valence-corrected chi connectivity index (χ0v) is 20.7. The van der Waals surface area contributed by atoms with Gasteiger partial charge in [-0.15, -0.1) is 0 Å². The number of aryl methyl sites for hydroxylation is 2. The van der Waals surface area contributed by atoms with Crippen molar-refractivity contribution in [3.8, 4) is 11.5 Å². The Morgan fingerprint density at radius 2 is 1.91 bits per heavy atom. The van der Waals surface area contributed by atoms with Gasteiger partial charge in [0.05, 0.1) is 13.2 Å². The molecule has 2 heterocycles. The third-order valence-electron chi connectivity index (χ3n) is 6.72. The molecule has 2 aliphatic heterocycles. The van der Waals surface area contributed by atoms with E-state index in [1.807, 2.05) is 57.2 Å². The summed E-state index contributed by atoms with van der Waals surface area (Å²) >= 11 is 5.74. The largest absolute Gasteiger partial charge is 0.493 e. The number of methoxy groups -OCH3 is 1. The smallest absolute Gasteiger partial charge is 0.236 e. The van der Waals surface area contributed by atoms with Gasteiger partial charge in [0, 0.05) is 16.9 Å². The van der Waals surface area contributed by atoms with Gasteiger partial charge in [-0.05, 0) is 75.0 Å². The number of nitrogens with one attached hydrogen (secondary N) is 2. The molecule has 1 fully saturated rings. The normalized spacial score (nSPS) is 22.5. The highest BCUT2D eigenvalue weighted by Crippen LogP contribution is 2.52. The Bertz CT molecular complexity index is 1330. The lowest BCUT2D eigenvalue weighted by molar-refractivity contribution is -0.130. The molecule has 3 aromatic rings. The maximum Gasteiger partial charge on any atom is 0.236 e. The fourth-order valence-corrected chi connectivity index (χ4v) is 5.49. The molecule has 6 nitrogen and oxygen atoms in total. The molecule has 0 aromatic heterocycles. The number of para-hydroxylation sites is 1. The number of nitrogens with zero attached hydrogens (tertiary/aromatic N) is 1. The van der Waals surface area contributed by atoms with Crippen LogP contribution in [0.25, 0.3) is 0 Å². The minimum atomic E-state index is -1.23. The van der Waals surface area contributed by atoms with Gasteiger partial charge in [-0.2, -0.15) is 0 Å². The summed E-state index contributed by atoms with van der Waals surface area (Å²) in [6.07, 6.45) is 0. The van der Waals surface area contributed by atoms with E-state index in [-0.39, 0.29) is 11.7 Å². The van der Waals surface area contributed by atoms with Crippen LogP contribution in [0.5, 0.6) is 11.5 Å². The third-order valence-corrected chi connectivity index (χ3v) is 7.02. The van der Waals surface area contributed by atoms with Crippen molar-refractivity contribution in [1.82, 2.24) is 5.32 Å². The molecule has 0 radical (unpaired) electrons. The van der Waals surface area contributed by atoms with Gasteiger partial charge >= 0.3 is 0 Å². The lowest BCUT2D eigenvalue weighted by Crippen LogP contribution is -2.72. The first kappa shape index (κ1) is 23.1. The number of benzene rings is 3. The Labute approximate surface area is 209 Å². The van der Waals surface area contributed by atoms with Crippen molar-refractivity contribution in [2.75, 3.05) is 17.3 Å². The SMILES string of the molecule is COc1cccc2c1O[C@@]1(C)[C@H](C(=O)Nc3ccc(C)cc3C)[C@H]2NC(=S)N1c1ccc(F)cc1. The Hall–Kier alpha value is -3.65. The van der Waals surface area contributed by atoms with Crippen LogP contribution in [0.3, 0.4) is 0 Å². The second-order valence-corrected chi connectivity index (χ2v) is 9.45. The van der Waals surface area contributed by atoms with Crippen LogP contribution >= 0.6 is 12.2 Å². The molecule has 3 atom stereocenters. The van der Waals surface area contributed by atoms with Crippen LogP contribution in [0.1, 0.15) is 29.7 Å². The molecule has 35 heavy (non-hydrogen) atoms. The molecule has 180 valence electrons. The molecule has 8 heteroatoms. The highest BCUT2D eigenvalue weighted by molar-refractivity contribution is 7.80. The van der Waals surface area contributed by atoms with Crippen LogP contribution in [-0.2, 0) is 4.79 Å². The zero-order chi connectivity index (χ0) is 24.9. The number of ether oxygens (including phenoxy) is 2. The van der Waals surface area contributed by atoms with Gasteiger partial charge in [-0.1, -0.05) is 29.8 Å². The van der Waals surface area contributed by atoms with Crippen molar-refractivity contribution in [3.05, 3.63) is 83.2 Å². The molecule has 3 aromatic carbocycles. The summed E-state index contributed by atoms with van der Waals surface area (Å²) in [4.78, 5) is 15.7. The average molecular weight is 492 g/mol. The van der Waals surface area contributed by atoms with Crippen molar-refractivity contribution < 1.29 is 18.7 Å². The highest BCUT2D eigenvalue weighted by Gasteiger charge is 2.59. The summed E-state index contributed by atoms with van der Waals surface area (Å²) < 4.78 is 25.9. The Balaban J connectivity index is 1.64. The fourth-order valence-electron chi connectivity index (χ4n) is 5.07. The van der Waals surface area contributed by atoms with Crippen molar-refractivity contribution >= 4 is 34.6 Å². The molecular weight excluding hydrogens is 465 g/mol. The maximum absolute atomic E-state index is 13.9. The molecule has 2 bridgehead atoms. The summed E-state index contributed by atoms with van der Waals surface area (Å²) in [6, 6.07) is 17.0. The van der Waals surface area contributed by atoms with Gasteiger partial charge in [0.1, 0.15) is 11.7 Å². The van der Waals surface area contributed by atoms with Crippen LogP contribution < -0.4 is 25.0 Å². The number of rotatable bonds is 4. The first-order valence-electron chi connectivity index (χ1n) is 11.3. The van der Waals surface area contributed by atoms with E-state index >= 15 is 0 Å². The monoisotopic (exact) mass is 491 g/mol. The molecule has 5 rings (SSSR count). The van der Waals surface area contributed by atoms with Gasteiger partial charge in [-0.25, -0.2) is 4.39 Å². The number of amides is 1. The molecular formula is C27H26FN3O3S. The van der Waals surface area contributed by atoms with Crippen LogP contribution in [0.2, 0.25) is 0 Å². The summed E-state index contributed by atoms with van der Waals surface area (Å²) in [5, 5.41) is 6.83. The van der Waals surface area contributed by atoms with E-state index in [0.29, 0.717) is 22.3 Å². The average Bonchev–Trinajstić information content (AvgIpc) is 2.81. The van der Waals surface area contributed by atoms with E-state index in [9.17, 15) is 9.18 Å². The first-order valence-corrected chi connectivity index (χ1v) is 11.7. The van der Waals surface area contributed by atoms with Crippen LogP contribution in [-0.4, -0.2) is 23.9 Å². The molecule has 0 aliphatic carbocycles. The number of anilines is 2. The van der Waals surface area contributed by atoms with Crippen LogP contribution in [0, 0.1) is 25.6 Å². The standard InChI is InChI=1S/C27H26FN3O3S/c1-15-8-13-20(16(2)14-15)29-25(32)22-23-19-6-5-7-21(33-4)24(19)34-27(22,3)31(26(35)30-23)18-11-9-17(28)10-12-18/h5-14,22-23H,1-4H3,(H,29,32)(H,30,35)/t22-,23-,27-/m0/s1. The van der Waals surface area contributed by atoms with Crippen LogP contribution in [0.15, 0.2) is 60.7 Å². The van der Waals surface area contributed by atoms with Crippen molar-refractivity contribution in [2.45, 2.75) is 32.5 Å². The van der Waals surface area contributed by atoms with E-state index in [1.165, 1.54) is 12.1 Å². The second-order valence-electron chi connectivity index (χ2n) is 9.06. The number of thiocarbonyl (C=S) groups is 1. The minimum Gasteiger partial charge on any atom is -0.493 e. The van der Waals surface area contributed by atoms with Gasteiger partial charge in [0.25, 0.3) is 0 Å². The number of halogens is 1. The quantitative estimate of drug-likeness (QED) is 0.486. The van der Waals surface area contributed by atoms with E-state index < -0.39 is 17.7 Å². The zero-order valence-electron chi connectivity index (χ0n) is 19.9. The fraction of sp³-hybridized carbons (Fsp3) is 0.259. The predicted octanol–water partition coefficient (Wildman–Crippen LogP) is 5.25. The first-order chi connectivity index (χ1) is 16.7. The maximum atomic E-state index is 13.9. The lowest BCUT2D eigenvalue weighted by Gasteiger charge is -2.56. The number of fused-ring (bicyclic) bond motifs is 4. The molecule has 0 spiro atoms. The Kier molecular flexibility index (Phi) is 5.63. The molecule has 1 amide bonds. The number of carbonyl (C=O) groups is 1. The summed E-state index contributed by atoms with van der Waals surface area (Å²) in [7, 11) is 1.58. The number of carbonyl (C=O) groups excluding carboxylic acids is 1.